The summed E-state index contributed by atoms with van der Waals surface area (Å²) >= 11 is 0. The van der Waals surface area contributed by atoms with Crippen LogP contribution in [0.5, 0.6) is 0 Å². The fourth-order valence-electron chi connectivity index (χ4n) is 5.98. The largest absolute Gasteiger partial charge is 0.361 e. The van der Waals surface area contributed by atoms with Gasteiger partial charge < -0.3 is 15.2 Å². The van der Waals surface area contributed by atoms with Gasteiger partial charge in [-0.2, -0.15) is 5.10 Å². The maximum atomic E-state index is 15.3. The standard InChI is InChI=1S/C41H39F2N5O3/c1-27-23-38(47-51-27)40(49)44-21-5-7-28-13-18-32(19-14-28)35-20-15-30(25-37(35)43)24-33-26-39(48(2)46-33)41(50)45-22-6-8-29-11-16-31(17-12-29)34-9-3-4-10-36(34)42/h3-4,9-20,23,25-26H,5-8,21-22,24H2,1-2H3,(H,44,49)(H,45,50). The molecule has 2 N–H and O–H groups in total. The summed E-state index contributed by atoms with van der Waals surface area (Å²) in [6, 6.07) is 30.7. The molecule has 2 heterocycles. The number of nitrogens with zero attached hydrogens (tertiary/aromatic N) is 3. The molecule has 0 fully saturated rings. The van der Waals surface area contributed by atoms with Crippen LogP contribution >= 0.6 is 0 Å². The maximum Gasteiger partial charge on any atom is 0.273 e. The summed E-state index contributed by atoms with van der Waals surface area (Å²) in [6.07, 6.45) is 3.41. The second kappa shape index (κ2) is 16.2. The van der Waals surface area contributed by atoms with Gasteiger partial charge in [0.2, 0.25) is 0 Å². The molecule has 4 aromatic carbocycles. The lowest BCUT2D eigenvalue weighted by atomic mass is 9.99. The third-order valence-corrected chi connectivity index (χ3v) is 8.70. The number of nitrogens with one attached hydrogen (secondary N) is 2. The average molecular weight is 688 g/mol. The Kier molecular flexibility index (Phi) is 11.1. The van der Waals surface area contributed by atoms with E-state index >= 15 is 4.39 Å². The van der Waals surface area contributed by atoms with Crippen LogP contribution in [0.25, 0.3) is 22.3 Å². The SMILES string of the molecule is Cc1cc(C(=O)NCCCc2ccc(-c3ccc(Cc4cc(C(=O)NCCCc5ccc(-c6ccccc6F)cc5)n(C)n4)cc3F)cc2)no1. The minimum atomic E-state index is -0.332. The minimum Gasteiger partial charge on any atom is -0.361 e. The summed E-state index contributed by atoms with van der Waals surface area (Å²) in [7, 11) is 1.72. The topological polar surface area (TPSA) is 102 Å². The number of aromatic nitrogens is 3. The van der Waals surface area contributed by atoms with E-state index in [4.69, 9.17) is 4.52 Å². The minimum absolute atomic E-state index is 0.220. The number of amides is 2. The Morgan fingerprint density at radius 1 is 0.706 bits per heavy atom. The van der Waals surface area contributed by atoms with Crippen molar-refractivity contribution in [2.45, 2.75) is 39.0 Å². The fourth-order valence-corrected chi connectivity index (χ4v) is 5.98. The summed E-state index contributed by atoms with van der Waals surface area (Å²) in [5.74, 6) is -0.476. The predicted octanol–water partition coefficient (Wildman–Crippen LogP) is 7.64. The van der Waals surface area contributed by atoms with Crippen molar-refractivity contribution in [3.8, 4) is 22.3 Å². The smallest absolute Gasteiger partial charge is 0.273 e. The van der Waals surface area contributed by atoms with E-state index in [2.05, 4.69) is 20.9 Å². The van der Waals surface area contributed by atoms with Crippen LogP contribution in [0.4, 0.5) is 8.78 Å². The van der Waals surface area contributed by atoms with Crippen molar-refractivity contribution in [2.75, 3.05) is 13.1 Å². The summed E-state index contributed by atoms with van der Waals surface area (Å²) in [5.41, 5.74) is 6.99. The van der Waals surface area contributed by atoms with Crippen LogP contribution in [0.1, 0.15) is 62.0 Å². The normalized spacial score (nSPS) is 11.1. The van der Waals surface area contributed by atoms with E-state index in [1.165, 1.54) is 12.1 Å². The highest BCUT2D eigenvalue weighted by Crippen LogP contribution is 2.26. The number of carbonyl (C=O) groups is 2. The zero-order chi connectivity index (χ0) is 35.7. The van der Waals surface area contributed by atoms with Crippen LogP contribution in [0.15, 0.2) is 108 Å². The van der Waals surface area contributed by atoms with Gasteiger partial charge in [0.15, 0.2) is 5.69 Å². The van der Waals surface area contributed by atoms with Crippen LogP contribution in [0.2, 0.25) is 0 Å². The van der Waals surface area contributed by atoms with Gasteiger partial charge in [-0.25, -0.2) is 8.78 Å². The Morgan fingerprint density at radius 3 is 1.88 bits per heavy atom. The van der Waals surface area contributed by atoms with Crippen LogP contribution in [-0.4, -0.2) is 39.8 Å². The molecule has 0 bridgehead atoms. The maximum absolute atomic E-state index is 15.3. The van der Waals surface area contributed by atoms with Gasteiger partial charge >= 0.3 is 0 Å². The van der Waals surface area contributed by atoms with E-state index in [1.54, 1.807) is 49.0 Å². The van der Waals surface area contributed by atoms with Crippen molar-refractivity contribution < 1.29 is 22.9 Å². The molecule has 8 nitrogen and oxygen atoms in total. The number of halogens is 2. The lowest BCUT2D eigenvalue weighted by Gasteiger charge is -2.08. The van der Waals surface area contributed by atoms with Crippen LogP contribution in [-0.2, 0) is 26.3 Å². The number of rotatable bonds is 14. The van der Waals surface area contributed by atoms with Crippen molar-refractivity contribution in [1.82, 2.24) is 25.6 Å². The Morgan fingerprint density at radius 2 is 1.29 bits per heavy atom. The molecule has 2 aromatic heterocycles. The van der Waals surface area contributed by atoms with Crippen molar-refractivity contribution in [3.63, 3.8) is 0 Å². The van der Waals surface area contributed by atoms with E-state index in [-0.39, 0.29) is 29.1 Å². The first-order valence-corrected chi connectivity index (χ1v) is 17.0. The number of hydrogen-bond donors (Lipinski definition) is 2. The molecule has 0 spiro atoms. The first kappa shape index (κ1) is 34.9. The van der Waals surface area contributed by atoms with E-state index in [1.807, 2.05) is 60.7 Å². The highest BCUT2D eigenvalue weighted by molar-refractivity contribution is 5.93. The lowest BCUT2D eigenvalue weighted by molar-refractivity contribution is 0.0935. The second-order valence-corrected chi connectivity index (χ2v) is 12.6. The van der Waals surface area contributed by atoms with E-state index in [9.17, 15) is 14.0 Å². The molecule has 6 rings (SSSR count). The van der Waals surface area contributed by atoms with Crippen molar-refractivity contribution in [3.05, 3.63) is 154 Å². The van der Waals surface area contributed by atoms with Gasteiger partial charge in [0.1, 0.15) is 23.1 Å². The molecule has 0 aliphatic rings. The summed E-state index contributed by atoms with van der Waals surface area (Å²) in [6.45, 7) is 2.73. The Bertz CT molecular complexity index is 2120. The Balaban J connectivity index is 0.955. The quantitative estimate of drug-likeness (QED) is 0.115. The molecular formula is C41H39F2N5O3. The molecule has 10 heteroatoms. The molecule has 0 atom stereocenters. The Hall–Kier alpha value is -5.90. The fraction of sp³-hybridized carbons (Fsp3) is 0.220. The number of aryl methyl sites for hydroxylation is 4. The van der Waals surface area contributed by atoms with Crippen LogP contribution in [0, 0.1) is 18.6 Å². The third kappa shape index (κ3) is 9.02. The third-order valence-electron chi connectivity index (χ3n) is 8.70. The monoisotopic (exact) mass is 687 g/mol. The average Bonchev–Trinajstić information content (AvgIpc) is 3.74. The van der Waals surface area contributed by atoms with Gasteiger partial charge in [0.05, 0.1) is 5.69 Å². The molecule has 51 heavy (non-hydrogen) atoms. The zero-order valence-electron chi connectivity index (χ0n) is 28.6. The van der Waals surface area contributed by atoms with Gasteiger partial charge in [0, 0.05) is 43.8 Å². The van der Waals surface area contributed by atoms with Crippen LogP contribution in [0.3, 0.4) is 0 Å². The lowest BCUT2D eigenvalue weighted by Crippen LogP contribution is -2.26. The van der Waals surface area contributed by atoms with Crippen molar-refractivity contribution >= 4 is 11.8 Å². The first-order chi connectivity index (χ1) is 24.7. The predicted molar refractivity (Wildman–Crippen MR) is 192 cm³/mol. The number of carbonyl (C=O) groups excluding carboxylic acids is 2. The van der Waals surface area contributed by atoms with Gasteiger partial charge in [-0.1, -0.05) is 84.0 Å². The molecule has 0 aliphatic carbocycles. The molecular weight excluding hydrogens is 648 g/mol. The highest BCUT2D eigenvalue weighted by atomic mass is 19.1. The molecule has 260 valence electrons. The molecule has 0 saturated heterocycles. The number of hydrogen-bond acceptors (Lipinski definition) is 5. The molecule has 0 radical (unpaired) electrons. The zero-order valence-corrected chi connectivity index (χ0v) is 28.6. The van der Waals surface area contributed by atoms with E-state index in [0.717, 1.165) is 53.5 Å². The summed E-state index contributed by atoms with van der Waals surface area (Å²) in [4.78, 5) is 25.0. The first-order valence-electron chi connectivity index (χ1n) is 17.0. The van der Waals surface area contributed by atoms with Crippen molar-refractivity contribution in [1.29, 1.82) is 0 Å². The second-order valence-electron chi connectivity index (χ2n) is 12.6. The van der Waals surface area contributed by atoms with Crippen LogP contribution < -0.4 is 10.6 Å². The summed E-state index contributed by atoms with van der Waals surface area (Å²) < 4.78 is 35.8. The molecule has 0 unspecified atom stereocenters. The van der Waals surface area contributed by atoms with Gasteiger partial charge in [-0.15, -0.1) is 0 Å². The number of benzene rings is 4. The Labute approximate surface area is 295 Å². The molecule has 0 saturated carbocycles. The van der Waals surface area contributed by atoms with E-state index < -0.39 is 0 Å². The molecule has 2 amide bonds. The van der Waals surface area contributed by atoms with Crippen molar-refractivity contribution in [2.24, 2.45) is 7.05 Å². The van der Waals surface area contributed by atoms with E-state index in [0.29, 0.717) is 47.8 Å². The van der Waals surface area contributed by atoms with Gasteiger partial charge in [-0.05, 0) is 78.6 Å². The molecule has 6 aromatic rings. The highest BCUT2D eigenvalue weighted by Gasteiger charge is 2.15. The van der Waals surface area contributed by atoms with Gasteiger partial charge in [-0.3, -0.25) is 14.3 Å². The molecule has 0 aliphatic heterocycles. The van der Waals surface area contributed by atoms with Gasteiger partial charge in [0.25, 0.3) is 11.8 Å². The summed E-state index contributed by atoms with van der Waals surface area (Å²) in [5, 5.41) is 14.0.